The van der Waals surface area contributed by atoms with Crippen molar-refractivity contribution in [3.8, 4) is 16.9 Å². The lowest BCUT2D eigenvalue weighted by Crippen LogP contribution is -1.97. The molecule has 1 aromatic heterocycles. The van der Waals surface area contributed by atoms with Gasteiger partial charge in [0.1, 0.15) is 0 Å². The molecule has 0 atom stereocenters. The van der Waals surface area contributed by atoms with E-state index in [1.165, 1.54) is 11.3 Å². The van der Waals surface area contributed by atoms with Gasteiger partial charge >= 0.3 is 0 Å². The van der Waals surface area contributed by atoms with Crippen LogP contribution < -0.4 is 0 Å². The molecular formula is C15H9Cl2NS2. The van der Waals surface area contributed by atoms with Gasteiger partial charge in [0.25, 0.3) is 0 Å². The van der Waals surface area contributed by atoms with Gasteiger partial charge in [0.2, 0.25) is 0 Å². The highest BCUT2D eigenvalue weighted by Gasteiger charge is 2.11. The maximum atomic E-state index is 6.29. The third kappa shape index (κ3) is 2.54. The number of nitrogens with zero attached hydrogens (tertiary/aromatic N) is 1. The van der Waals surface area contributed by atoms with E-state index in [-0.39, 0.29) is 0 Å². The molecule has 5 heteroatoms. The van der Waals surface area contributed by atoms with E-state index in [0.717, 1.165) is 20.9 Å². The van der Waals surface area contributed by atoms with Gasteiger partial charge in [-0.25, -0.2) is 0 Å². The molecule has 0 N–H and O–H groups in total. The highest BCUT2D eigenvalue weighted by molar-refractivity contribution is 7.73. The van der Waals surface area contributed by atoms with Crippen molar-refractivity contribution >= 4 is 46.8 Å². The summed E-state index contributed by atoms with van der Waals surface area (Å²) >= 11 is 19.2. The second-order valence-electron chi connectivity index (χ2n) is 4.18. The molecule has 0 bridgehead atoms. The van der Waals surface area contributed by atoms with E-state index in [1.54, 1.807) is 0 Å². The number of rotatable bonds is 2. The molecule has 0 aliphatic carbocycles. The van der Waals surface area contributed by atoms with Gasteiger partial charge in [-0.15, -0.1) is 11.3 Å². The van der Waals surface area contributed by atoms with Gasteiger partial charge in [-0.2, -0.15) is 0 Å². The Hall–Kier alpha value is -1.13. The summed E-state index contributed by atoms with van der Waals surface area (Å²) in [6.45, 7) is 0. The Kier molecular flexibility index (Phi) is 3.94. The fourth-order valence-corrected chi connectivity index (χ4v) is 3.43. The number of aromatic nitrogens is 1. The van der Waals surface area contributed by atoms with Gasteiger partial charge in [0.15, 0.2) is 3.95 Å². The summed E-state index contributed by atoms with van der Waals surface area (Å²) in [6.07, 6.45) is 0. The van der Waals surface area contributed by atoms with Crippen LogP contribution in [0.2, 0.25) is 10.0 Å². The average Bonchev–Trinajstić information content (AvgIpc) is 2.82. The monoisotopic (exact) mass is 337 g/mol. The van der Waals surface area contributed by atoms with Crippen LogP contribution in [0.15, 0.2) is 53.9 Å². The highest BCUT2D eigenvalue weighted by atomic mass is 35.5. The van der Waals surface area contributed by atoms with Gasteiger partial charge in [-0.3, -0.25) is 4.57 Å². The third-order valence-corrected chi connectivity index (χ3v) is 4.70. The van der Waals surface area contributed by atoms with Crippen LogP contribution in [-0.4, -0.2) is 4.57 Å². The van der Waals surface area contributed by atoms with Crippen LogP contribution in [0.4, 0.5) is 0 Å². The van der Waals surface area contributed by atoms with Crippen molar-refractivity contribution in [2.24, 2.45) is 0 Å². The van der Waals surface area contributed by atoms with E-state index in [2.05, 4.69) is 0 Å². The van der Waals surface area contributed by atoms with Crippen LogP contribution >= 0.6 is 46.8 Å². The van der Waals surface area contributed by atoms with E-state index in [4.69, 9.17) is 35.4 Å². The van der Waals surface area contributed by atoms with Gasteiger partial charge in [-0.1, -0.05) is 47.5 Å². The molecule has 0 unspecified atom stereocenters. The first-order chi connectivity index (χ1) is 9.66. The first-order valence-electron chi connectivity index (χ1n) is 5.88. The number of hydrogen-bond donors (Lipinski definition) is 0. The zero-order chi connectivity index (χ0) is 14.1. The number of hydrogen-bond acceptors (Lipinski definition) is 2. The lowest BCUT2D eigenvalue weighted by Gasteiger charge is -2.10. The number of benzene rings is 2. The smallest absolute Gasteiger partial charge is 0.166 e. The van der Waals surface area contributed by atoms with Gasteiger partial charge < -0.3 is 0 Å². The van der Waals surface area contributed by atoms with Crippen LogP contribution in [0, 0.1) is 3.95 Å². The van der Waals surface area contributed by atoms with Crippen molar-refractivity contribution in [2.45, 2.75) is 0 Å². The molecule has 1 nitrogen and oxygen atoms in total. The van der Waals surface area contributed by atoms with Crippen molar-refractivity contribution in [1.82, 2.24) is 4.57 Å². The van der Waals surface area contributed by atoms with Crippen LogP contribution in [0.1, 0.15) is 0 Å². The number of para-hydroxylation sites is 1. The zero-order valence-electron chi connectivity index (χ0n) is 10.2. The minimum atomic E-state index is 0.678. The van der Waals surface area contributed by atoms with Gasteiger partial charge in [0, 0.05) is 10.4 Å². The Labute approximate surface area is 136 Å². The molecule has 0 saturated heterocycles. The molecule has 3 rings (SSSR count). The molecule has 0 spiro atoms. The van der Waals surface area contributed by atoms with Crippen molar-refractivity contribution < 1.29 is 0 Å². The predicted octanol–water partition coefficient (Wildman–Crippen LogP) is 6.24. The number of halogens is 2. The van der Waals surface area contributed by atoms with E-state index in [0.29, 0.717) is 10.0 Å². The van der Waals surface area contributed by atoms with Crippen LogP contribution in [0.25, 0.3) is 16.9 Å². The average molecular weight is 338 g/mol. The summed E-state index contributed by atoms with van der Waals surface area (Å²) in [6, 6.07) is 15.4. The molecular weight excluding hydrogens is 329 g/mol. The van der Waals surface area contributed by atoms with E-state index in [9.17, 15) is 0 Å². The SMILES string of the molecule is S=c1scc(-c2ccc(Cl)cc2)n1-c1ccccc1Cl. The summed E-state index contributed by atoms with van der Waals surface area (Å²) in [5.74, 6) is 0. The molecule has 100 valence electrons. The Balaban J connectivity index is 2.23. The van der Waals surface area contributed by atoms with Gasteiger partial charge in [0.05, 0.1) is 16.4 Å². The largest absolute Gasteiger partial charge is 0.290 e. The molecule has 1 heterocycles. The van der Waals surface area contributed by atoms with Crippen molar-refractivity contribution in [2.75, 3.05) is 0 Å². The first-order valence-corrected chi connectivity index (χ1v) is 7.92. The Bertz CT molecular complexity index is 803. The fourth-order valence-electron chi connectivity index (χ4n) is 1.99. The highest BCUT2D eigenvalue weighted by Crippen LogP contribution is 2.31. The third-order valence-electron chi connectivity index (χ3n) is 2.93. The second-order valence-corrected chi connectivity index (χ2v) is 6.53. The van der Waals surface area contributed by atoms with Crippen LogP contribution in [0.5, 0.6) is 0 Å². The lowest BCUT2D eigenvalue weighted by atomic mass is 10.1. The van der Waals surface area contributed by atoms with E-state index in [1.807, 2.05) is 58.5 Å². The van der Waals surface area contributed by atoms with Crippen molar-refractivity contribution in [3.05, 3.63) is 67.9 Å². The van der Waals surface area contributed by atoms with Crippen LogP contribution in [-0.2, 0) is 0 Å². The molecule has 0 saturated carbocycles. The molecule has 2 aromatic carbocycles. The molecule has 0 aliphatic rings. The van der Waals surface area contributed by atoms with Gasteiger partial charge in [-0.05, 0) is 42.0 Å². The summed E-state index contributed by atoms with van der Waals surface area (Å²) in [5, 5.41) is 3.43. The summed E-state index contributed by atoms with van der Waals surface area (Å²) in [5.41, 5.74) is 2.97. The summed E-state index contributed by atoms with van der Waals surface area (Å²) in [7, 11) is 0. The Morgan fingerprint density at radius 2 is 1.65 bits per heavy atom. The lowest BCUT2D eigenvalue weighted by molar-refractivity contribution is 1.08. The zero-order valence-corrected chi connectivity index (χ0v) is 13.4. The van der Waals surface area contributed by atoms with E-state index >= 15 is 0 Å². The standard InChI is InChI=1S/C15H9Cl2NS2/c16-11-7-5-10(6-8-11)14-9-20-15(19)18(14)13-4-2-1-3-12(13)17/h1-9H. The maximum absolute atomic E-state index is 6.29. The minimum Gasteiger partial charge on any atom is -0.290 e. The first kappa shape index (κ1) is 13.8. The summed E-state index contributed by atoms with van der Waals surface area (Å²) in [4.78, 5) is 0. The summed E-state index contributed by atoms with van der Waals surface area (Å²) < 4.78 is 2.76. The Morgan fingerprint density at radius 1 is 0.950 bits per heavy atom. The van der Waals surface area contributed by atoms with E-state index < -0.39 is 0 Å². The molecule has 20 heavy (non-hydrogen) atoms. The molecule has 0 fully saturated rings. The quantitative estimate of drug-likeness (QED) is 0.501. The topological polar surface area (TPSA) is 4.93 Å². The second kappa shape index (κ2) is 5.70. The maximum Gasteiger partial charge on any atom is 0.166 e. The molecule has 0 amide bonds. The molecule has 3 aromatic rings. The van der Waals surface area contributed by atoms with Crippen molar-refractivity contribution in [1.29, 1.82) is 0 Å². The minimum absolute atomic E-state index is 0.678. The normalized spacial score (nSPS) is 10.7. The molecule has 0 aliphatic heterocycles. The van der Waals surface area contributed by atoms with Crippen molar-refractivity contribution in [3.63, 3.8) is 0 Å². The molecule has 0 radical (unpaired) electrons. The number of thiazole rings is 1. The Morgan fingerprint density at radius 3 is 2.35 bits per heavy atom. The van der Waals surface area contributed by atoms with Crippen LogP contribution in [0.3, 0.4) is 0 Å². The predicted molar refractivity (Wildman–Crippen MR) is 89.9 cm³/mol. The fraction of sp³-hybridized carbons (Fsp3) is 0.